The van der Waals surface area contributed by atoms with Gasteiger partial charge in [-0.15, -0.1) is 0 Å². The molecule has 0 aromatic heterocycles. The zero-order valence-corrected chi connectivity index (χ0v) is 15.1. The number of hydrogen-bond acceptors (Lipinski definition) is 3. The zero-order valence-electron chi connectivity index (χ0n) is 15.1. The van der Waals surface area contributed by atoms with Crippen molar-refractivity contribution in [1.82, 2.24) is 15.5 Å². The summed E-state index contributed by atoms with van der Waals surface area (Å²) in [6.07, 6.45) is 5.87. The van der Waals surface area contributed by atoms with E-state index >= 15 is 0 Å². The lowest BCUT2D eigenvalue weighted by molar-refractivity contribution is -0.126. The first kappa shape index (κ1) is 19.4. The Hall–Kier alpha value is -1.95. The molecule has 138 valence electrons. The third kappa shape index (κ3) is 5.81. The number of halogens is 1. The molecule has 1 atom stereocenters. The van der Waals surface area contributed by atoms with Gasteiger partial charge in [0, 0.05) is 24.6 Å². The molecule has 0 bridgehead atoms. The fourth-order valence-corrected chi connectivity index (χ4v) is 3.29. The van der Waals surface area contributed by atoms with Gasteiger partial charge in [-0.3, -0.25) is 14.5 Å². The molecule has 1 unspecified atom stereocenters. The Morgan fingerprint density at radius 3 is 2.52 bits per heavy atom. The lowest BCUT2D eigenvalue weighted by Gasteiger charge is -2.24. The molecular weight excluding hydrogens is 321 g/mol. The molecule has 1 aliphatic rings. The average Bonchev–Trinajstić information content (AvgIpc) is 2.57. The van der Waals surface area contributed by atoms with Crippen LogP contribution in [0, 0.1) is 5.82 Å². The highest BCUT2D eigenvalue weighted by molar-refractivity contribution is 5.84. The van der Waals surface area contributed by atoms with Gasteiger partial charge >= 0.3 is 0 Å². The topological polar surface area (TPSA) is 61.4 Å². The quantitative estimate of drug-likeness (QED) is 0.794. The van der Waals surface area contributed by atoms with Crippen LogP contribution < -0.4 is 10.6 Å². The number of carbonyl (C=O) groups excluding carboxylic acids is 2. The Kier molecular flexibility index (Phi) is 7.37. The fraction of sp³-hybridized carbons (Fsp3) is 0.579. The Bertz CT molecular complexity index is 586. The van der Waals surface area contributed by atoms with E-state index in [-0.39, 0.29) is 30.8 Å². The third-order valence-electron chi connectivity index (χ3n) is 4.59. The molecule has 1 fully saturated rings. The highest BCUT2D eigenvalue weighted by Gasteiger charge is 2.25. The van der Waals surface area contributed by atoms with Gasteiger partial charge in [0.2, 0.25) is 11.8 Å². The molecule has 0 heterocycles. The molecule has 6 heteroatoms. The van der Waals surface area contributed by atoms with Crippen molar-refractivity contribution in [2.45, 2.75) is 50.6 Å². The molecule has 2 rings (SSSR count). The molecule has 2 N–H and O–H groups in total. The summed E-state index contributed by atoms with van der Waals surface area (Å²) in [7, 11) is 3.46. The number of nitrogens with zero attached hydrogens (tertiary/aromatic N) is 1. The fourth-order valence-electron chi connectivity index (χ4n) is 3.29. The van der Waals surface area contributed by atoms with Crippen LogP contribution in [0.3, 0.4) is 0 Å². The van der Waals surface area contributed by atoms with Crippen LogP contribution in [0.2, 0.25) is 0 Å². The van der Waals surface area contributed by atoms with Crippen LogP contribution in [0.15, 0.2) is 24.3 Å². The first-order valence-corrected chi connectivity index (χ1v) is 8.97. The van der Waals surface area contributed by atoms with Gasteiger partial charge in [0.25, 0.3) is 0 Å². The molecule has 0 radical (unpaired) electrons. The minimum absolute atomic E-state index is 0.0421. The summed E-state index contributed by atoms with van der Waals surface area (Å²) in [4.78, 5) is 26.1. The predicted molar refractivity (Wildman–Crippen MR) is 95.5 cm³/mol. The van der Waals surface area contributed by atoms with E-state index in [9.17, 15) is 14.0 Å². The van der Waals surface area contributed by atoms with Gasteiger partial charge in [-0.05, 0) is 33.0 Å². The van der Waals surface area contributed by atoms with Crippen LogP contribution in [0.4, 0.5) is 4.39 Å². The average molecular weight is 349 g/mol. The number of amides is 2. The Labute approximate surface area is 149 Å². The van der Waals surface area contributed by atoms with E-state index in [4.69, 9.17) is 0 Å². The molecule has 5 nitrogen and oxygen atoms in total. The molecule has 2 amide bonds. The van der Waals surface area contributed by atoms with Crippen molar-refractivity contribution < 1.29 is 14.0 Å². The first-order chi connectivity index (χ1) is 12.0. The van der Waals surface area contributed by atoms with Crippen LogP contribution in [0.1, 0.15) is 50.1 Å². The molecule has 1 aliphatic carbocycles. The maximum atomic E-state index is 14.0. The van der Waals surface area contributed by atoms with Crippen LogP contribution >= 0.6 is 0 Å². The maximum Gasteiger partial charge on any atom is 0.242 e. The molecule has 1 saturated carbocycles. The Morgan fingerprint density at radius 2 is 1.88 bits per heavy atom. The second kappa shape index (κ2) is 9.51. The second-order valence-electron chi connectivity index (χ2n) is 6.83. The zero-order chi connectivity index (χ0) is 18.2. The summed E-state index contributed by atoms with van der Waals surface area (Å²) < 4.78 is 14.0. The number of benzene rings is 1. The van der Waals surface area contributed by atoms with E-state index in [0.29, 0.717) is 5.56 Å². The highest BCUT2D eigenvalue weighted by Crippen LogP contribution is 2.21. The van der Waals surface area contributed by atoms with Gasteiger partial charge in [-0.1, -0.05) is 37.5 Å². The summed E-state index contributed by atoms with van der Waals surface area (Å²) in [6.45, 7) is 0.246. The predicted octanol–water partition coefficient (Wildman–Crippen LogP) is 2.38. The summed E-state index contributed by atoms with van der Waals surface area (Å²) >= 11 is 0. The Morgan fingerprint density at radius 1 is 1.20 bits per heavy atom. The number of likely N-dealkylation sites (N-methyl/N-ethyl adjacent to an activating group) is 1. The Balaban J connectivity index is 1.83. The van der Waals surface area contributed by atoms with Crippen molar-refractivity contribution in [2.24, 2.45) is 0 Å². The van der Waals surface area contributed by atoms with Crippen LogP contribution in [0.25, 0.3) is 0 Å². The summed E-state index contributed by atoms with van der Waals surface area (Å²) in [5.41, 5.74) is 0.330. The monoisotopic (exact) mass is 349 g/mol. The lowest BCUT2D eigenvalue weighted by atomic mass is 9.95. The van der Waals surface area contributed by atoms with Crippen LogP contribution in [-0.4, -0.2) is 43.4 Å². The molecule has 1 aromatic rings. The van der Waals surface area contributed by atoms with Crippen molar-refractivity contribution in [2.75, 3.05) is 20.6 Å². The van der Waals surface area contributed by atoms with E-state index in [1.54, 1.807) is 37.2 Å². The van der Waals surface area contributed by atoms with Gasteiger partial charge in [-0.2, -0.15) is 0 Å². The molecule has 1 aromatic carbocycles. The number of hydrogen-bond donors (Lipinski definition) is 2. The van der Waals surface area contributed by atoms with Gasteiger partial charge in [-0.25, -0.2) is 4.39 Å². The standard InChI is InChI=1S/C19H28FN3O2/c1-23(2)18(15-10-6-7-11-16(15)20)19(25)21-13-12-17(24)22-14-8-4-3-5-9-14/h6-7,10-11,14,18H,3-5,8-9,12-13H2,1-2H3,(H,21,25)(H,22,24). The van der Waals surface area contributed by atoms with Crippen LogP contribution in [-0.2, 0) is 9.59 Å². The number of carbonyl (C=O) groups is 2. The van der Waals surface area contributed by atoms with Crippen molar-refractivity contribution in [3.63, 3.8) is 0 Å². The van der Waals surface area contributed by atoms with Crippen molar-refractivity contribution in [3.05, 3.63) is 35.6 Å². The minimum atomic E-state index is -0.720. The highest BCUT2D eigenvalue weighted by atomic mass is 19.1. The normalized spacial score (nSPS) is 16.5. The van der Waals surface area contributed by atoms with E-state index in [0.717, 1.165) is 25.7 Å². The van der Waals surface area contributed by atoms with E-state index in [1.807, 2.05) is 0 Å². The van der Waals surface area contributed by atoms with Gasteiger partial charge in [0.05, 0.1) is 0 Å². The molecule has 0 spiro atoms. The van der Waals surface area contributed by atoms with E-state index in [1.165, 1.54) is 12.5 Å². The summed E-state index contributed by atoms with van der Waals surface area (Å²) in [6, 6.07) is 5.80. The van der Waals surface area contributed by atoms with Crippen molar-refractivity contribution >= 4 is 11.8 Å². The van der Waals surface area contributed by atoms with Crippen molar-refractivity contribution in [3.8, 4) is 0 Å². The maximum absolute atomic E-state index is 14.0. The van der Waals surface area contributed by atoms with Crippen LogP contribution in [0.5, 0.6) is 0 Å². The molecular formula is C19H28FN3O2. The van der Waals surface area contributed by atoms with Gasteiger partial charge in [0.1, 0.15) is 11.9 Å². The molecule has 0 aliphatic heterocycles. The van der Waals surface area contributed by atoms with Gasteiger partial charge in [0.15, 0.2) is 0 Å². The summed E-state index contributed by atoms with van der Waals surface area (Å²) in [5.74, 6) is -0.758. The largest absolute Gasteiger partial charge is 0.354 e. The summed E-state index contributed by atoms with van der Waals surface area (Å²) in [5, 5.41) is 5.77. The van der Waals surface area contributed by atoms with E-state index < -0.39 is 11.9 Å². The van der Waals surface area contributed by atoms with Crippen molar-refractivity contribution in [1.29, 1.82) is 0 Å². The number of nitrogens with one attached hydrogen (secondary N) is 2. The number of rotatable bonds is 7. The van der Waals surface area contributed by atoms with Gasteiger partial charge < -0.3 is 10.6 Å². The molecule has 0 saturated heterocycles. The smallest absolute Gasteiger partial charge is 0.242 e. The SMILES string of the molecule is CN(C)C(C(=O)NCCC(=O)NC1CCCCC1)c1ccccc1F. The lowest BCUT2D eigenvalue weighted by Crippen LogP contribution is -2.41. The minimum Gasteiger partial charge on any atom is -0.354 e. The van der Waals surface area contributed by atoms with E-state index in [2.05, 4.69) is 10.6 Å². The first-order valence-electron chi connectivity index (χ1n) is 8.97. The molecule has 25 heavy (non-hydrogen) atoms. The second-order valence-corrected chi connectivity index (χ2v) is 6.83. The third-order valence-corrected chi connectivity index (χ3v) is 4.59.